The third kappa shape index (κ3) is 9.53. The third-order valence-electron chi connectivity index (χ3n) is 0.830. The van der Waals surface area contributed by atoms with Gasteiger partial charge in [-0.3, -0.25) is 0 Å². The van der Waals surface area contributed by atoms with Gasteiger partial charge in [0.05, 0.1) is 0 Å². The molecule has 0 radical (unpaired) electrons. The van der Waals surface area contributed by atoms with Gasteiger partial charge in [-0.1, -0.05) is 36.4 Å². The van der Waals surface area contributed by atoms with Crippen molar-refractivity contribution in [3.63, 3.8) is 0 Å². The van der Waals surface area contributed by atoms with Crippen molar-refractivity contribution in [2.75, 3.05) is 7.11 Å². The molecule has 0 saturated carbocycles. The summed E-state index contributed by atoms with van der Waals surface area (Å²) >= 11 is 0. The molecule has 1 aromatic carbocycles. The van der Waals surface area contributed by atoms with Gasteiger partial charge in [0, 0.05) is 7.11 Å². The summed E-state index contributed by atoms with van der Waals surface area (Å²) in [4.78, 5) is 15.5. The van der Waals surface area contributed by atoms with E-state index in [-0.39, 0.29) is 0 Å². The first-order valence-corrected chi connectivity index (χ1v) is 4.16. The van der Waals surface area contributed by atoms with Crippen molar-refractivity contribution in [3.05, 3.63) is 36.4 Å². The molecular formula is C7H11O3P. The zero-order chi connectivity index (χ0) is 8.53. The predicted octanol–water partition coefficient (Wildman–Crippen LogP) is 1.53. The Labute approximate surface area is 67.3 Å². The summed E-state index contributed by atoms with van der Waals surface area (Å²) in [5.74, 6) is 0. The van der Waals surface area contributed by atoms with Crippen molar-refractivity contribution in [2.24, 2.45) is 0 Å². The number of rotatable bonds is 1. The Morgan fingerprint density at radius 3 is 1.18 bits per heavy atom. The van der Waals surface area contributed by atoms with E-state index in [1.54, 1.807) is 0 Å². The Morgan fingerprint density at radius 2 is 1.09 bits per heavy atom. The lowest BCUT2D eigenvalue weighted by molar-refractivity contribution is 0.310. The molecule has 0 bridgehead atoms. The van der Waals surface area contributed by atoms with Gasteiger partial charge in [0.15, 0.2) is 0 Å². The molecule has 0 spiro atoms. The van der Waals surface area contributed by atoms with Crippen LogP contribution in [0.15, 0.2) is 36.4 Å². The highest BCUT2D eigenvalue weighted by Crippen LogP contribution is 2.20. The van der Waals surface area contributed by atoms with Crippen molar-refractivity contribution in [3.8, 4) is 0 Å². The third-order valence-corrected chi connectivity index (χ3v) is 1.16. The molecule has 1 rings (SSSR count). The number of hydrogen-bond donors (Lipinski definition) is 2. The van der Waals surface area contributed by atoms with Gasteiger partial charge >= 0.3 is 8.60 Å². The standard InChI is InChI=1S/C6H6.CH5O3P/c1-2-4-6-5-3-1;1-4-5(2)3/h1-6H;2-3H,1H3. The summed E-state index contributed by atoms with van der Waals surface area (Å²) in [6, 6.07) is 12.0. The lowest BCUT2D eigenvalue weighted by atomic mass is 10.4. The number of benzene rings is 1. The zero-order valence-corrected chi connectivity index (χ0v) is 7.11. The maximum absolute atomic E-state index is 7.76. The van der Waals surface area contributed by atoms with Crippen molar-refractivity contribution in [1.82, 2.24) is 0 Å². The molecule has 62 valence electrons. The SMILES string of the molecule is COP(O)O.c1ccccc1. The molecule has 0 heterocycles. The van der Waals surface area contributed by atoms with Crippen LogP contribution in [0.4, 0.5) is 0 Å². The first kappa shape index (κ1) is 10.5. The second-order valence-electron chi connectivity index (χ2n) is 1.59. The molecule has 11 heavy (non-hydrogen) atoms. The van der Waals surface area contributed by atoms with Crippen molar-refractivity contribution in [2.45, 2.75) is 0 Å². The van der Waals surface area contributed by atoms with Crippen LogP contribution >= 0.6 is 8.60 Å². The molecular weight excluding hydrogens is 163 g/mol. The van der Waals surface area contributed by atoms with E-state index in [9.17, 15) is 0 Å². The fourth-order valence-corrected chi connectivity index (χ4v) is 0.385. The van der Waals surface area contributed by atoms with Gasteiger partial charge in [0.2, 0.25) is 0 Å². The summed E-state index contributed by atoms with van der Waals surface area (Å²) in [7, 11) is -0.870. The van der Waals surface area contributed by atoms with E-state index in [4.69, 9.17) is 9.79 Å². The van der Waals surface area contributed by atoms with Crippen LogP contribution in [0.5, 0.6) is 0 Å². The Kier molecular flexibility index (Phi) is 7.31. The average Bonchev–Trinajstić information content (AvgIpc) is 2.09. The van der Waals surface area contributed by atoms with Crippen molar-refractivity contribution < 1.29 is 14.3 Å². The summed E-state index contributed by atoms with van der Waals surface area (Å²) in [5.41, 5.74) is 0. The molecule has 4 heteroatoms. The van der Waals surface area contributed by atoms with Gasteiger partial charge in [-0.25, -0.2) is 0 Å². The van der Waals surface area contributed by atoms with Crippen LogP contribution in [0.3, 0.4) is 0 Å². The molecule has 0 unspecified atom stereocenters. The maximum Gasteiger partial charge on any atom is 0.326 e. The largest absolute Gasteiger partial charge is 0.328 e. The highest BCUT2D eigenvalue weighted by atomic mass is 31.2. The Bertz CT molecular complexity index is 128. The second kappa shape index (κ2) is 7.63. The molecule has 0 fully saturated rings. The molecule has 1 aromatic rings. The predicted molar refractivity (Wildman–Crippen MR) is 44.8 cm³/mol. The van der Waals surface area contributed by atoms with Crippen LogP contribution in [0, 0.1) is 0 Å². The fourth-order valence-electron chi connectivity index (χ4n) is 0.385. The van der Waals surface area contributed by atoms with Crippen LogP contribution in [-0.2, 0) is 4.52 Å². The van der Waals surface area contributed by atoms with Crippen molar-refractivity contribution >= 4 is 8.60 Å². The maximum atomic E-state index is 7.76. The molecule has 0 aromatic heterocycles. The molecule has 0 aliphatic carbocycles. The van der Waals surface area contributed by atoms with E-state index in [1.165, 1.54) is 7.11 Å². The Hall–Kier alpha value is -0.470. The van der Waals surface area contributed by atoms with Crippen molar-refractivity contribution in [1.29, 1.82) is 0 Å². The smallest absolute Gasteiger partial charge is 0.326 e. The summed E-state index contributed by atoms with van der Waals surface area (Å²) in [5, 5.41) is 0. The fraction of sp³-hybridized carbons (Fsp3) is 0.143. The first-order valence-electron chi connectivity index (χ1n) is 2.99. The zero-order valence-electron chi connectivity index (χ0n) is 6.21. The van der Waals surface area contributed by atoms with Gasteiger partial charge in [0.1, 0.15) is 0 Å². The minimum atomic E-state index is -2.10. The molecule has 0 saturated heterocycles. The quantitative estimate of drug-likeness (QED) is 0.635. The van der Waals surface area contributed by atoms with Crippen LogP contribution in [0.2, 0.25) is 0 Å². The summed E-state index contributed by atoms with van der Waals surface area (Å²) < 4.78 is 3.93. The Morgan fingerprint density at radius 1 is 0.909 bits per heavy atom. The molecule has 3 nitrogen and oxygen atoms in total. The molecule has 0 atom stereocenters. The van der Waals surface area contributed by atoms with Gasteiger partial charge < -0.3 is 14.3 Å². The second-order valence-corrected chi connectivity index (χ2v) is 2.46. The highest BCUT2D eigenvalue weighted by molar-refractivity contribution is 7.39. The normalized spacial score (nSPS) is 8.73. The van der Waals surface area contributed by atoms with E-state index in [0.717, 1.165) is 0 Å². The van der Waals surface area contributed by atoms with Gasteiger partial charge in [-0.2, -0.15) is 0 Å². The topological polar surface area (TPSA) is 49.7 Å². The van der Waals surface area contributed by atoms with E-state index in [2.05, 4.69) is 4.52 Å². The van der Waals surface area contributed by atoms with E-state index >= 15 is 0 Å². The lowest BCUT2D eigenvalue weighted by Crippen LogP contribution is -1.67. The van der Waals surface area contributed by atoms with E-state index in [0.29, 0.717) is 0 Å². The van der Waals surface area contributed by atoms with Gasteiger partial charge in [-0.05, 0) is 0 Å². The van der Waals surface area contributed by atoms with Gasteiger partial charge in [0.25, 0.3) is 0 Å². The Balaban J connectivity index is 0.000000187. The van der Waals surface area contributed by atoms with Crippen LogP contribution in [0.1, 0.15) is 0 Å². The first-order chi connectivity index (χ1) is 5.27. The molecule has 0 amide bonds. The number of hydrogen-bond acceptors (Lipinski definition) is 3. The van der Waals surface area contributed by atoms with Crippen LogP contribution in [0.25, 0.3) is 0 Å². The van der Waals surface area contributed by atoms with Gasteiger partial charge in [-0.15, -0.1) is 0 Å². The minimum Gasteiger partial charge on any atom is -0.328 e. The monoisotopic (exact) mass is 174 g/mol. The lowest BCUT2D eigenvalue weighted by Gasteiger charge is -1.89. The average molecular weight is 174 g/mol. The molecule has 0 aliphatic rings. The molecule has 2 N–H and O–H groups in total. The summed E-state index contributed by atoms with van der Waals surface area (Å²) in [6.07, 6.45) is 0. The van der Waals surface area contributed by atoms with E-state index in [1.807, 2.05) is 36.4 Å². The highest BCUT2D eigenvalue weighted by Gasteiger charge is 1.86. The van der Waals surface area contributed by atoms with Crippen LogP contribution < -0.4 is 0 Å². The van der Waals surface area contributed by atoms with Crippen LogP contribution in [-0.4, -0.2) is 16.9 Å². The minimum absolute atomic E-state index is 1.23. The molecule has 0 aliphatic heterocycles. The summed E-state index contributed by atoms with van der Waals surface area (Å²) in [6.45, 7) is 0. The van der Waals surface area contributed by atoms with E-state index < -0.39 is 8.60 Å².